The minimum absolute atomic E-state index is 0.0144. The zero-order valence-corrected chi connectivity index (χ0v) is 12.2. The fourth-order valence-electron chi connectivity index (χ4n) is 1.67. The molecule has 1 aromatic heterocycles. The second-order valence-electron chi connectivity index (χ2n) is 3.53. The molecule has 0 bridgehead atoms. The molecule has 0 aliphatic rings. The molecule has 0 amide bonds. The lowest BCUT2D eigenvalue weighted by molar-refractivity contribution is 0.624. The molecule has 17 heavy (non-hydrogen) atoms. The van der Waals surface area contributed by atoms with Gasteiger partial charge < -0.3 is 5.32 Å². The largest absolute Gasteiger partial charge is 0.309 e. The molecule has 0 aliphatic carbocycles. The highest BCUT2D eigenvalue weighted by molar-refractivity contribution is 9.11. The van der Waals surface area contributed by atoms with Gasteiger partial charge in [-0.15, -0.1) is 11.3 Å². The van der Waals surface area contributed by atoms with Gasteiger partial charge in [-0.25, -0.2) is 4.39 Å². The van der Waals surface area contributed by atoms with Gasteiger partial charge >= 0.3 is 0 Å². The van der Waals surface area contributed by atoms with Gasteiger partial charge in [-0.05, 0) is 52.8 Å². The van der Waals surface area contributed by atoms with E-state index in [0.29, 0.717) is 5.02 Å². The van der Waals surface area contributed by atoms with E-state index < -0.39 is 0 Å². The minimum atomic E-state index is -0.319. The van der Waals surface area contributed by atoms with Crippen molar-refractivity contribution in [3.8, 4) is 0 Å². The van der Waals surface area contributed by atoms with Gasteiger partial charge in [-0.3, -0.25) is 0 Å². The SMILES string of the molecule is CNC(c1ccc(Br)s1)c1ccc(F)cc1Cl. The molecule has 1 aromatic carbocycles. The lowest BCUT2D eigenvalue weighted by Crippen LogP contribution is -2.16. The van der Waals surface area contributed by atoms with Crippen LogP contribution in [0.5, 0.6) is 0 Å². The summed E-state index contributed by atoms with van der Waals surface area (Å²) in [5.41, 5.74) is 0.880. The average Bonchev–Trinajstić information content (AvgIpc) is 2.69. The first-order valence-corrected chi connectivity index (χ1v) is 6.98. The quantitative estimate of drug-likeness (QED) is 0.864. The van der Waals surface area contributed by atoms with Crippen LogP contribution in [-0.2, 0) is 0 Å². The lowest BCUT2D eigenvalue weighted by Gasteiger charge is -2.16. The summed E-state index contributed by atoms with van der Waals surface area (Å²) in [4.78, 5) is 1.13. The highest BCUT2D eigenvalue weighted by Gasteiger charge is 2.17. The molecule has 1 heterocycles. The number of hydrogen-bond acceptors (Lipinski definition) is 2. The molecule has 0 radical (unpaired) electrons. The van der Waals surface area contributed by atoms with Crippen LogP contribution in [0.15, 0.2) is 34.1 Å². The van der Waals surface area contributed by atoms with Crippen molar-refractivity contribution >= 4 is 38.9 Å². The number of halogens is 3. The summed E-state index contributed by atoms with van der Waals surface area (Å²) in [6.07, 6.45) is 0. The third kappa shape index (κ3) is 2.88. The molecule has 5 heteroatoms. The lowest BCUT2D eigenvalue weighted by atomic mass is 10.1. The van der Waals surface area contributed by atoms with Crippen molar-refractivity contribution in [2.75, 3.05) is 7.05 Å². The maximum Gasteiger partial charge on any atom is 0.124 e. The third-order valence-corrected chi connectivity index (χ3v) is 4.46. The molecule has 1 N–H and O–H groups in total. The predicted molar refractivity (Wildman–Crippen MR) is 74.3 cm³/mol. The Hall–Kier alpha value is -0.420. The zero-order chi connectivity index (χ0) is 12.4. The third-order valence-electron chi connectivity index (χ3n) is 2.44. The number of benzene rings is 1. The van der Waals surface area contributed by atoms with Crippen molar-refractivity contribution in [1.82, 2.24) is 5.32 Å². The molecular formula is C12H10BrClFNS. The molecule has 0 fully saturated rings. The van der Waals surface area contributed by atoms with Crippen molar-refractivity contribution in [3.63, 3.8) is 0 Å². The van der Waals surface area contributed by atoms with E-state index in [0.717, 1.165) is 14.2 Å². The van der Waals surface area contributed by atoms with E-state index >= 15 is 0 Å². The van der Waals surface area contributed by atoms with Crippen LogP contribution in [0.1, 0.15) is 16.5 Å². The highest BCUT2D eigenvalue weighted by Crippen LogP contribution is 2.34. The van der Waals surface area contributed by atoms with Crippen molar-refractivity contribution in [3.05, 3.63) is 55.4 Å². The van der Waals surface area contributed by atoms with Gasteiger partial charge in [-0.2, -0.15) is 0 Å². The molecular weight excluding hydrogens is 325 g/mol. The molecule has 0 aliphatic heterocycles. The highest BCUT2D eigenvalue weighted by atomic mass is 79.9. The molecule has 0 saturated carbocycles. The topological polar surface area (TPSA) is 12.0 Å². The Balaban J connectivity index is 2.42. The summed E-state index contributed by atoms with van der Waals surface area (Å²) >= 11 is 11.1. The molecule has 1 nitrogen and oxygen atoms in total. The first kappa shape index (κ1) is 13.0. The fraction of sp³-hybridized carbons (Fsp3) is 0.167. The van der Waals surface area contributed by atoms with Crippen LogP contribution in [0.3, 0.4) is 0 Å². The first-order chi connectivity index (χ1) is 8.11. The van der Waals surface area contributed by atoms with E-state index in [1.54, 1.807) is 17.4 Å². The van der Waals surface area contributed by atoms with E-state index in [-0.39, 0.29) is 11.9 Å². The van der Waals surface area contributed by atoms with Gasteiger partial charge in [0, 0.05) is 9.90 Å². The summed E-state index contributed by atoms with van der Waals surface area (Å²) in [5, 5.41) is 3.63. The number of rotatable bonds is 3. The van der Waals surface area contributed by atoms with Crippen LogP contribution in [0.25, 0.3) is 0 Å². The van der Waals surface area contributed by atoms with Gasteiger partial charge in [0.1, 0.15) is 5.82 Å². The van der Waals surface area contributed by atoms with E-state index in [4.69, 9.17) is 11.6 Å². The van der Waals surface area contributed by atoms with Crippen molar-refractivity contribution in [2.45, 2.75) is 6.04 Å². The van der Waals surface area contributed by atoms with E-state index in [9.17, 15) is 4.39 Å². The van der Waals surface area contributed by atoms with Crippen molar-refractivity contribution < 1.29 is 4.39 Å². The fourth-order valence-corrected chi connectivity index (χ4v) is 3.50. The summed E-state index contributed by atoms with van der Waals surface area (Å²) in [7, 11) is 1.86. The van der Waals surface area contributed by atoms with Gasteiger partial charge in [0.05, 0.1) is 9.83 Å². The summed E-state index contributed by atoms with van der Waals surface area (Å²) < 4.78 is 14.1. The van der Waals surface area contributed by atoms with E-state index in [1.165, 1.54) is 12.1 Å². The molecule has 1 unspecified atom stereocenters. The Morgan fingerprint density at radius 3 is 2.65 bits per heavy atom. The van der Waals surface area contributed by atoms with E-state index in [2.05, 4.69) is 21.2 Å². The maximum atomic E-state index is 13.0. The molecule has 90 valence electrons. The van der Waals surface area contributed by atoms with Crippen LogP contribution in [0, 0.1) is 5.82 Å². The monoisotopic (exact) mass is 333 g/mol. The maximum absolute atomic E-state index is 13.0. The zero-order valence-electron chi connectivity index (χ0n) is 9.01. The smallest absolute Gasteiger partial charge is 0.124 e. The standard InChI is InChI=1S/C12H10BrClFNS/c1-16-12(10-4-5-11(13)17-10)8-3-2-7(15)6-9(8)14/h2-6,12,16H,1H3. The van der Waals surface area contributed by atoms with E-state index in [1.807, 2.05) is 19.2 Å². The Kier molecular flexibility index (Phi) is 4.20. The van der Waals surface area contributed by atoms with Crippen LogP contribution in [-0.4, -0.2) is 7.05 Å². The van der Waals surface area contributed by atoms with Gasteiger partial charge in [-0.1, -0.05) is 17.7 Å². The Bertz CT molecular complexity index is 529. The summed E-state index contributed by atoms with van der Waals surface area (Å²) in [6, 6.07) is 8.47. The summed E-state index contributed by atoms with van der Waals surface area (Å²) in [5.74, 6) is -0.319. The van der Waals surface area contributed by atoms with Crippen LogP contribution < -0.4 is 5.32 Å². The Labute approximate surface area is 117 Å². The van der Waals surface area contributed by atoms with Crippen LogP contribution in [0.4, 0.5) is 4.39 Å². The van der Waals surface area contributed by atoms with Crippen LogP contribution >= 0.6 is 38.9 Å². The number of hydrogen-bond donors (Lipinski definition) is 1. The minimum Gasteiger partial charge on any atom is -0.309 e. The second-order valence-corrected chi connectivity index (χ2v) is 6.43. The van der Waals surface area contributed by atoms with Crippen molar-refractivity contribution in [2.24, 2.45) is 0 Å². The number of nitrogens with one attached hydrogen (secondary N) is 1. The van der Waals surface area contributed by atoms with Gasteiger partial charge in [0.15, 0.2) is 0 Å². The molecule has 2 aromatic rings. The van der Waals surface area contributed by atoms with Crippen LogP contribution in [0.2, 0.25) is 5.02 Å². The molecule has 1 atom stereocenters. The summed E-state index contributed by atoms with van der Waals surface area (Å²) in [6.45, 7) is 0. The normalized spacial score (nSPS) is 12.7. The average molecular weight is 335 g/mol. The van der Waals surface area contributed by atoms with Gasteiger partial charge in [0.2, 0.25) is 0 Å². The molecule has 0 spiro atoms. The molecule has 0 saturated heterocycles. The predicted octanol–water partition coefficient (Wildman–Crippen LogP) is 4.61. The second kappa shape index (κ2) is 5.48. The molecule has 2 rings (SSSR count). The first-order valence-electron chi connectivity index (χ1n) is 4.99. The van der Waals surface area contributed by atoms with Gasteiger partial charge in [0.25, 0.3) is 0 Å². The Morgan fingerprint density at radius 2 is 2.12 bits per heavy atom. The Morgan fingerprint density at radius 1 is 1.35 bits per heavy atom. The number of thiophene rings is 1. The van der Waals surface area contributed by atoms with Crippen molar-refractivity contribution in [1.29, 1.82) is 0 Å².